The van der Waals surface area contributed by atoms with Crippen molar-refractivity contribution < 1.29 is 9.53 Å². The molecule has 0 aromatic carbocycles. The number of aromatic nitrogens is 3. The predicted molar refractivity (Wildman–Crippen MR) is 108 cm³/mol. The summed E-state index contributed by atoms with van der Waals surface area (Å²) in [6.07, 6.45) is 7.48. The van der Waals surface area contributed by atoms with Crippen LogP contribution in [0, 0.1) is 5.92 Å². The number of nitrogens with zero attached hydrogens (tertiary/aromatic N) is 4. The molecule has 6 heteroatoms. The van der Waals surface area contributed by atoms with Crippen molar-refractivity contribution in [3.63, 3.8) is 0 Å². The second-order valence-corrected chi connectivity index (χ2v) is 7.40. The molecule has 0 unspecified atom stereocenters. The quantitative estimate of drug-likeness (QED) is 0.681. The van der Waals surface area contributed by atoms with E-state index >= 15 is 0 Å². The van der Waals surface area contributed by atoms with Crippen LogP contribution in [0.25, 0.3) is 22.2 Å². The minimum absolute atomic E-state index is 0.149. The van der Waals surface area contributed by atoms with E-state index in [1.807, 2.05) is 24.3 Å². The van der Waals surface area contributed by atoms with Crippen LogP contribution in [-0.4, -0.2) is 52.9 Å². The van der Waals surface area contributed by atoms with Gasteiger partial charge in [-0.25, -0.2) is 4.98 Å². The number of piperidine rings is 1. The maximum Gasteiger partial charge on any atom is 0.142 e. The number of ether oxygens (including phenoxy) is 1. The number of ketones is 1. The summed E-state index contributed by atoms with van der Waals surface area (Å²) in [6, 6.07) is 7.78. The Morgan fingerprint density at radius 2 is 2.00 bits per heavy atom. The zero-order valence-electron chi connectivity index (χ0n) is 16.3. The molecule has 28 heavy (non-hydrogen) atoms. The number of carbonyl (C=O) groups is 1. The number of carbonyl (C=O) groups excluding carboxylic acids is 1. The molecule has 0 amide bonds. The monoisotopic (exact) mass is 376 g/mol. The first kappa shape index (κ1) is 18.5. The largest absolute Gasteiger partial charge is 0.495 e. The van der Waals surface area contributed by atoms with E-state index in [0.29, 0.717) is 12.2 Å². The van der Waals surface area contributed by atoms with E-state index < -0.39 is 0 Å². The van der Waals surface area contributed by atoms with Gasteiger partial charge in [-0.1, -0.05) is 0 Å². The van der Waals surface area contributed by atoms with Crippen molar-refractivity contribution >= 4 is 16.7 Å². The SMILES string of the molecule is COc1cncc(-c2ccc3cnc(CC(=O)C4CCN(C)CC4)cc3n2)c1. The van der Waals surface area contributed by atoms with Crippen molar-refractivity contribution in [2.75, 3.05) is 27.2 Å². The number of Topliss-reactive ketones (excluding diaryl/α,β-unsaturated/α-hetero) is 1. The van der Waals surface area contributed by atoms with Gasteiger partial charge in [0, 0.05) is 41.4 Å². The molecule has 0 radical (unpaired) electrons. The fraction of sp³-hybridized carbons (Fsp3) is 0.364. The van der Waals surface area contributed by atoms with Crippen LogP contribution in [0.4, 0.5) is 0 Å². The number of likely N-dealkylation sites (tertiary alicyclic amines) is 1. The summed E-state index contributed by atoms with van der Waals surface area (Å²) in [6.45, 7) is 1.97. The lowest BCUT2D eigenvalue weighted by atomic mass is 9.90. The molecule has 0 spiro atoms. The molecule has 0 saturated carbocycles. The number of pyridine rings is 3. The van der Waals surface area contributed by atoms with Gasteiger partial charge in [0.2, 0.25) is 0 Å². The summed E-state index contributed by atoms with van der Waals surface area (Å²) in [5.74, 6) is 1.13. The number of fused-ring (bicyclic) bond motifs is 1. The molecule has 144 valence electrons. The van der Waals surface area contributed by atoms with E-state index in [2.05, 4.69) is 21.9 Å². The third kappa shape index (κ3) is 4.02. The Morgan fingerprint density at radius 3 is 2.79 bits per heavy atom. The first-order valence-corrected chi connectivity index (χ1v) is 9.59. The van der Waals surface area contributed by atoms with E-state index in [1.165, 1.54) is 0 Å². The fourth-order valence-corrected chi connectivity index (χ4v) is 3.64. The molecule has 0 aliphatic carbocycles. The van der Waals surface area contributed by atoms with Crippen LogP contribution in [0.5, 0.6) is 5.75 Å². The Morgan fingerprint density at radius 1 is 1.18 bits per heavy atom. The first-order valence-electron chi connectivity index (χ1n) is 9.59. The van der Waals surface area contributed by atoms with Gasteiger partial charge in [-0.3, -0.25) is 14.8 Å². The van der Waals surface area contributed by atoms with Crippen LogP contribution < -0.4 is 4.74 Å². The lowest BCUT2D eigenvalue weighted by Gasteiger charge is -2.27. The molecular formula is C22H24N4O2. The van der Waals surface area contributed by atoms with Crippen molar-refractivity contribution in [3.8, 4) is 17.0 Å². The minimum atomic E-state index is 0.149. The summed E-state index contributed by atoms with van der Waals surface area (Å²) in [4.78, 5) is 28.4. The molecule has 0 N–H and O–H groups in total. The van der Waals surface area contributed by atoms with Crippen LogP contribution in [-0.2, 0) is 11.2 Å². The molecule has 6 nitrogen and oxygen atoms in total. The summed E-state index contributed by atoms with van der Waals surface area (Å²) >= 11 is 0. The van der Waals surface area contributed by atoms with Gasteiger partial charge in [0.05, 0.1) is 24.5 Å². The average Bonchev–Trinajstić information content (AvgIpc) is 2.73. The summed E-state index contributed by atoms with van der Waals surface area (Å²) in [5.41, 5.74) is 3.33. The highest BCUT2D eigenvalue weighted by Crippen LogP contribution is 2.24. The van der Waals surface area contributed by atoms with E-state index in [4.69, 9.17) is 9.72 Å². The molecule has 1 fully saturated rings. The minimum Gasteiger partial charge on any atom is -0.495 e. The second kappa shape index (κ2) is 8.02. The molecule has 3 aromatic rings. The first-order chi connectivity index (χ1) is 13.6. The van der Waals surface area contributed by atoms with Gasteiger partial charge in [-0.2, -0.15) is 0 Å². The zero-order valence-corrected chi connectivity index (χ0v) is 16.3. The Balaban J connectivity index is 1.56. The standard InChI is InChI=1S/C22H24N4O2/c1-26-7-5-15(6-8-26)22(27)11-18-10-21-16(13-24-18)3-4-20(25-21)17-9-19(28-2)14-23-12-17/h3-4,9-10,12-15H,5-8,11H2,1-2H3. The van der Waals surface area contributed by atoms with Crippen molar-refractivity contribution in [3.05, 3.63) is 48.5 Å². The number of hydrogen-bond acceptors (Lipinski definition) is 6. The van der Waals surface area contributed by atoms with Gasteiger partial charge < -0.3 is 9.64 Å². The smallest absolute Gasteiger partial charge is 0.142 e. The lowest BCUT2D eigenvalue weighted by Crippen LogP contribution is -2.34. The van der Waals surface area contributed by atoms with E-state index in [9.17, 15) is 4.79 Å². The predicted octanol–water partition coefficient (Wildman–Crippen LogP) is 3.15. The molecule has 1 aliphatic rings. The maximum absolute atomic E-state index is 12.7. The molecule has 0 atom stereocenters. The summed E-state index contributed by atoms with van der Waals surface area (Å²) in [7, 11) is 3.72. The van der Waals surface area contributed by atoms with Crippen molar-refractivity contribution in [2.24, 2.45) is 5.92 Å². The van der Waals surface area contributed by atoms with Gasteiger partial charge in [-0.15, -0.1) is 0 Å². The fourth-order valence-electron chi connectivity index (χ4n) is 3.64. The Labute approximate surface area is 164 Å². The Bertz CT molecular complexity index is 997. The lowest BCUT2D eigenvalue weighted by molar-refractivity contribution is -0.123. The van der Waals surface area contributed by atoms with Crippen LogP contribution in [0.3, 0.4) is 0 Å². The highest BCUT2D eigenvalue weighted by molar-refractivity contribution is 5.85. The van der Waals surface area contributed by atoms with Gasteiger partial charge >= 0.3 is 0 Å². The number of hydrogen-bond donors (Lipinski definition) is 0. The second-order valence-electron chi connectivity index (χ2n) is 7.40. The van der Waals surface area contributed by atoms with Crippen molar-refractivity contribution in [1.82, 2.24) is 19.9 Å². The van der Waals surface area contributed by atoms with Crippen LogP contribution >= 0.6 is 0 Å². The van der Waals surface area contributed by atoms with E-state index in [-0.39, 0.29) is 11.7 Å². The third-order valence-electron chi connectivity index (χ3n) is 5.40. The Hall–Kier alpha value is -2.86. The van der Waals surface area contributed by atoms with E-state index in [1.54, 1.807) is 25.7 Å². The highest BCUT2D eigenvalue weighted by Gasteiger charge is 2.23. The molecule has 4 heterocycles. The van der Waals surface area contributed by atoms with Crippen LogP contribution in [0.1, 0.15) is 18.5 Å². The Kier molecular flexibility index (Phi) is 5.30. The van der Waals surface area contributed by atoms with Crippen molar-refractivity contribution in [1.29, 1.82) is 0 Å². The topological polar surface area (TPSA) is 68.2 Å². The number of methoxy groups -OCH3 is 1. The molecule has 0 bridgehead atoms. The summed E-state index contributed by atoms with van der Waals surface area (Å²) < 4.78 is 5.25. The van der Waals surface area contributed by atoms with Gasteiger partial charge in [0.25, 0.3) is 0 Å². The molecular weight excluding hydrogens is 352 g/mol. The zero-order chi connectivity index (χ0) is 19.5. The van der Waals surface area contributed by atoms with Gasteiger partial charge in [0.15, 0.2) is 0 Å². The highest BCUT2D eigenvalue weighted by atomic mass is 16.5. The van der Waals surface area contributed by atoms with E-state index in [0.717, 1.165) is 53.8 Å². The average molecular weight is 376 g/mol. The third-order valence-corrected chi connectivity index (χ3v) is 5.40. The molecule has 1 saturated heterocycles. The molecule has 3 aromatic heterocycles. The summed E-state index contributed by atoms with van der Waals surface area (Å²) in [5, 5.41) is 0.954. The van der Waals surface area contributed by atoms with Crippen LogP contribution in [0.2, 0.25) is 0 Å². The van der Waals surface area contributed by atoms with Crippen LogP contribution in [0.15, 0.2) is 42.9 Å². The normalized spacial score (nSPS) is 15.6. The molecule has 1 aliphatic heterocycles. The van der Waals surface area contributed by atoms with Gasteiger partial charge in [-0.05, 0) is 57.2 Å². The number of rotatable bonds is 5. The molecule has 4 rings (SSSR count). The van der Waals surface area contributed by atoms with Gasteiger partial charge in [0.1, 0.15) is 11.5 Å². The van der Waals surface area contributed by atoms with Crippen molar-refractivity contribution in [2.45, 2.75) is 19.3 Å². The maximum atomic E-state index is 12.7.